The van der Waals surface area contributed by atoms with E-state index in [-0.39, 0.29) is 26.4 Å². The lowest BCUT2D eigenvalue weighted by Crippen LogP contribution is -2.10. The second-order valence-electron chi connectivity index (χ2n) is 2.53. The zero-order valence-electron chi connectivity index (χ0n) is 9.99. The van der Waals surface area contributed by atoms with Crippen molar-refractivity contribution in [3.05, 3.63) is 0 Å². The molecule has 0 aliphatic heterocycles. The van der Waals surface area contributed by atoms with E-state index in [4.69, 9.17) is 0 Å². The minimum absolute atomic E-state index is 0.00473. The second-order valence-corrected chi connectivity index (χ2v) is 2.53. The van der Waals surface area contributed by atoms with Gasteiger partial charge in [0.1, 0.15) is 13.2 Å². The van der Waals surface area contributed by atoms with Gasteiger partial charge in [-0.2, -0.15) is 0 Å². The lowest BCUT2D eigenvalue weighted by molar-refractivity contribution is 0.00355. The van der Waals surface area contributed by atoms with Gasteiger partial charge in [0.25, 0.3) is 0 Å². The molecule has 0 saturated heterocycles. The fraction of sp³-hybridized carbons (Fsp3) is 0.750. The van der Waals surface area contributed by atoms with Crippen LogP contribution in [-0.4, -0.2) is 53.0 Å². The maximum Gasteiger partial charge on any atom is 0.536 e. The minimum Gasteiger partial charge on any atom is -0.430 e. The Morgan fingerprint density at radius 3 is 1.50 bits per heavy atom. The van der Waals surface area contributed by atoms with Gasteiger partial charge in [0.05, 0.1) is 23.8 Å². The number of carbonyl (C=O) groups excluding carboxylic acids is 2. The molecular weight excluding hydrogens is 252 g/mol. The van der Waals surface area contributed by atoms with Crippen LogP contribution in [0.15, 0.2) is 10.6 Å². The molecule has 0 aliphatic rings. The van der Waals surface area contributed by atoms with Gasteiger partial charge in [-0.3, -0.25) is 9.68 Å². The summed E-state index contributed by atoms with van der Waals surface area (Å²) >= 11 is 0. The summed E-state index contributed by atoms with van der Waals surface area (Å²) < 4.78 is 18.1. The van der Waals surface area contributed by atoms with Crippen LogP contribution in [0.4, 0.5) is 9.59 Å². The van der Waals surface area contributed by atoms with Gasteiger partial charge >= 0.3 is 12.3 Å². The van der Waals surface area contributed by atoms with Gasteiger partial charge in [0, 0.05) is 14.2 Å². The minimum atomic E-state index is -1.10. The quantitative estimate of drug-likeness (QED) is 0.275. The van der Waals surface area contributed by atoms with Crippen LogP contribution in [0.1, 0.15) is 0 Å². The van der Waals surface area contributed by atoms with Gasteiger partial charge in [0.15, 0.2) is 0 Å². The lowest BCUT2D eigenvalue weighted by Gasteiger charge is -2.00. The highest BCUT2D eigenvalue weighted by Crippen LogP contribution is 1.91. The Balaban J connectivity index is 3.51. The summed E-state index contributed by atoms with van der Waals surface area (Å²) in [6.45, 7) is 0.443. The van der Waals surface area contributed by atoms with E-state index in [0.29, 0.717) is 0 Å². The smallest absolute Gasteiger partial charge is 0.430 e. The van der Waals surface area contributed by atoms with Gasteiger partial charge < -0.3 is 18.9 Å². The highest BCUT2D eigenvalue weighted by Gasteiger charge is 2.05. The Hall–Kier alpha value is -1.94. The Kier molecular flexibility index (Phi) is 10.3. The third kappa shape index (κ3) is 10.6. The summed E-state index contributed by atoms with van der Waals surface area (Å²) in [6, 6.07) is 0. The second kappa shape index (κ2) is 11.5. The van der Waals surface area contributed by atoms with Crippen molar-refractivity contribution in [3.63, 3.8) is 0 Å². The van der Waals surface area contributed by atoms with Gasteiger partial charge in [-0.1, -0.05) is 0 Å². The summed E-state index contributed by atoms with van der Waals surface area (Å²) in [4.78, 5) is 29.6. The first kappa shape index (κ1) is 16.1. The Labute approximate surface area is 103 Å². The average molecular weight is 266 g/mol. The molecule has 0 heterocycles. The molecule has 0 aliphatic carbocycles. The van der Waals surface area contributed by atoms with Gasteiger partial charge in [-0.05, 0) is 0 Å². The third-order valence-electron chi connectivity index (χ3n) is 1.28. The number of ether oxygens (including phenoxy) is 4. The molecule has 0 spiro atoms. The normalized spacial score (nSPS) is 10.1. The fourth-order valence-corrected chi connectivity index (χ4v) is 0.569. The first-order valence-corrected chi connectivity index (χ1v) is 4.76. The van der Waals surface area contributed by atoms with E-state index in [9.17, 15) is 9.59 Å². The third-order valence-corrected chi connectivity index (χ3v) is 1.28. The van der Waals surface area contributed by atoms with E-state index in [1.54, 1.807) is 0 Å². The molecule has 0 saturated carbocycles. The van der Waals surface area contributed by atoms with Crippen molar-refractivity contribution in [2.24, 2.45) is 10.6 Å². The molecule has 0 atom stereocenters. The highest BCUT2D eigenvalue weighted by atomic mass is 16.9. The van der Waals surface area contributed by atoms with E-state index in [1.807, 2.05) is 0 Å². The average Bonchev–Trinajstić information content (AvgIpc) is 2.35. The van der Waals surface area contributed by atoms with Crippen LogP contribution in [0.3, 0.4) is 0 Å². The van der Waals surface area contributed by atoms with Crippen LogP contribution in [0.2, 0.25) is 0 Å². The summed E-state index contributed by atoms with van der Waals surface area (Å²) in [6.07, 6.45) is -2.21. The zero-order valence-corrected chi connectivity index (χ0v) is 9.99. The molecule has 0 bridgehead atoms. The van der Waals surface area contributed by atoms with Crippen molar-refractivity contribution >= 4 is 12.3 Å². The van der Waals surface area contributed by atoms with Crippen LogP contribution in [0.25, 0.3) is 0 Å². The molecule has 104 valence electrons. The number of hydrogen-bond donors (Lipinski definition) is 0. The van der Waals surface area contributed by atoms with Crippen molar-refractivity contribution in [2.45, 2.75) is 0 Å². The van der Waals surface area contributed by atoms with E-state index in [1.165, 1.54) is 14.2 Å². The topological polar surface area (TPSA) is 114 Å². The number of rotatable bonds is 8. The lowest BCUT2D eigenvalue weighted by atomic mass is 10.8. The molecule has 18 heavy (non-hydrogen) atoms. The van der Waals surface area contributed by atoms with E-state index in [0.717, 1.165) is 0 Å². The predicted octanol–water partition coefficient (Wildman–Crippen LogP) is 0.868. The van der Waals surface area contributed by atoms with Crippen molar-refractivity contribution in [3.8, 4) is 0 Å². The molecule has 10 nitrogen and oxygen atoms in total. The standard InChI is InChI=1S/C8H14N2O8/c1-13-3-5-15-7(11)17-9-10-18-8(12)16-6-4-14-2/h3-6H2,1-2H3. The molecule has 10 heteroatoms. The summed E-state index contributed by atoms with van der Waals surface area (Å²) in [5, 5.41) is 5.55. The van der Waals surface area contributed by atoms with Gasteiger partial charge in [-0.25, -0.2) is 9.59 Å². The number of hydrogen-bond acceptors (Lipinski definition) is 10. The van der Waals surface area contributed by atoms with Crippen LogP contribution in [0.5, 0.6) is 0 Å². The van der Waals surface area contributed by atoms with E-state index < -0.39 is 12.3 Å². The summed E-state index contributed by atoms with van der Waals surface area (Å²) in [5.41, 5.74) is 0. The molecule has 0 fully saturated rings. The highest BCUT2D eigenvalue weighted by molar-refractivity contribution is 5.59. The molecule has 0 aromatic carbocycles. The SMILES string of the molecule is COCCOC(=O)ON=NOC(=O)OCCOC. The number of carbonyl (C=O) groups is 2. The maximum atomic E-state index is 10.7. The molecule has 0 unspecified atom stereocenters. The number of nitrogens with zero attached hydrogens (tertiary/aromatic N) is 2. The Bertz CT molecular complexity index is 244. The molecule has 0 amide bonds. The zero-order chi connectivity index (χ0) is 13.6. The van der Waals surface area contributed by atoms with Crippen LogP contribution in [0, 0.1) is 0 Å². The van der Waals surface area contributed by atoms with Crippen molar-refractivity contribution < 1.29 is 38.2 Å². The molecule has 0 radical (unpaired) electrons. The first-order valence-electron chi connectivity index (χ1n) is 4.76. The van der Waals surface area contributed by atoms with Crippen LogP contribution in [-0.2, 0) is 28.6 Å². The predicted molar refractivity (Wildman–Crippen MR) is 53.5 cm³/mol. The van der Waals surface area contributed by atoms with Crippen LogP contribution >= 0.6 is 0 Å². The fourth-order valence-electron chi connectivity index (χ4n) is 0.569. The molecule has 0 aromatic rings. The van der Waals surface area contributed by atoms with Crippen molar-refractivity contribution in [2.75, 3.05) is 40.6 Å². The van der Waals surface area contributed by atoms with E-state index in [2.05, 4.69) is 39.2 Å². The maximum absolute atomic E-state index is 10.7. The van der Waals surface area contributed by atoms with Crippen molar-refractivity contribution in [1.82, 2.24) is 0 Å². The summed E-state index contributed by atoms with van der Waals surface area (Å²) in [5.74, 6) is 0. The molecular formula is C8H14N2O8. The Morgan fingerprint density at radius 2 is 1.17 bits per heavy atom. The monoisotopic (exact) mass is 266 g/mol. The molecule has 0 rings (SSSR count). The van der Waals surface area contributed by atoms with E-state index >= 15 is 0 Å². The summed E-state index contributed by atoms with van der Waals surface area (Å²) in [7, 11) is 2.88. The van der Waals surface area contributed by atoms with Crippen molar-refractivity contribution in [1.29, 1.82) is 0 Å². The number of methoxy groups -OCH3 is 2. The van der Waals surface area contributed by atoms with Gasteiger partial charge in [0.2, 0.25) is 0 Å². The van der Waals surface area contributed by atoms with Crippen LogP contribution < -0.4 is 0 Å². The first-order chi connectivity index (χ1) is 8.70. The Morgan fingerprint density at radius 1 is 0.778 bits per heavy atom. The van der Waals surface area contributed by atoms with Gasteiger partial charge in [-0.15, -0.1) is 0 Å². The largest absolute Gasteiger partial charge is 0.536 e. The molecule has 0 N–H and O–H groups in total. The molecule has 0 aromatic heterocycles.